The normalized spacial score (nSPS) is 30.5. The summed E-state index contributed by atoms with van der Waals surface area (Å²) in [4.78, 5) is 9.71. The van der Waals surface area contributed by atoms with E-state index in [1.807, 2.05) is 29.8 Å². The van der Waals surface area contributed by atoms with Gasteiger partial charge in [-0.25, -0.2) is 0 Å². The topological polar surface area (TPSA) is 127 Å². The molecule has 0 saturated heterocycles. The fourth-order valence-corrected chi connectivity index (χ4v) is 6.55. The number of nitrogens with one attached hydrogen (secondary N) is 3. The summed E-state index contributed by atoms with van der Waals surface area (Å²) >= 11 is 0. The fraction of sp³-hybridized carbons (Fsp3) is 0.565. The minimum atomic E-state index is -0.462. The maximum Gasteiger partial charge on any atom is 0.226 e. The Kier molecular flexibility index (Phi) is 4.40. The number of hydrogen-bond donors (Lipinski definition) is 4. The van der Waals surface area contributed by atoms with Crippen LogP contribution in [0.3, 0.4) is 0 Å². The summed E-state index contributed by atoms with van der Waals surface area (Å²) in [6, 6.07) is 6.42. The van der Waals surface area contributed by atoms with Gasteiger partial charge in [-0.3, -0.25) is 5.10 Å². The average Bonchev–Trinajstić information content (AvgIpc) is 3.34. The Hall–Kier alpha value is -3.12. The minimum absolute atomic E-state index is 0.285. The molecular formula is C23H28N8O. The molecule has 4 bridgehead atoms. The van der Waals surface area contributed by atoms with Crippen LogP contribution in [0.25, 0.3) is 11.0 Å². The molecule has 9 nitrogen and oxygen atoms in total. The molecule has 0 spiro atoms. The lowest BCUT2D eigenvalue weighted by Crippen LogP contribution is -2.59. The van der Waals surface area contributed by atoms with Gasteiger partial charge in [-0.15, -0.1) is 0 Å². The Morgan fingerprint density at radius 1 is 1.28 bits per heavy atom. The molecular weight excluding hydrogens is 404 g/mol. The average molecular weight is 433 g/mol. The lowest BCUT2D eigenvalue weighted by Gasteiger charge is -2.58. The highest BCUT2D eigenvalue weighted by molar-refractivity contribution is 5.90. The predicted molar refractivity (Wildman–Crippen MR) is 120 cm³/mol. The molecule has 9 heteroatoms. The Labute approximate surface area is 186 Å². The van der Waals surface area contributed by atoms with Crippen molar-refractivity contribution in [2.24, 2.45) is 17.8 Å². The molecule has 166 valence electrons. The first kappa shape index (κ1) is 19.6. The first-order valence-corrected chi connectivity index (χ1v) is 11.5. The van der Waals surface area contributed by atoms with Gasteiger partial charge < -0.3 is 20.3 Å². The second kappa shape index (κ2) is 7.20. The van der Waals surface area contributed by atoms with E-state index in [9.17, 15) is 5.11 Å². The number of aryl methyl sites for hydroxylation is 2. The van der Waals surface area contributed by atoms with Crippen LogP contribution in [0, 0.1) is 36.0 Å². The van der Waals surface area contributed by atoms with Gasteiger partial charge in [0.2, 0.25) is 5.95 Å². The molecule has 0 aromatic carbocycles. The van der Waals surface area contributed by atoms with Gasteiger partial charge in [-0.1, -0.05) is 0 Å². The third kappa shape index (κ3) is 3.30. The lowest BCUT2D eigenvalue weighted by atomic mass is 9.52. The summed E-state index contributed by atoms with van der Waals surface area (Å²) in [5.74, 6) is 3.57. The van der Waals surface area contributed by atoms with Crippen molar-refractivity contribution in [3.05, 3.63) is 24.0 Å². The van der Waals surface area contributed by atoms with Crippen LogP contribution < -0.4 is 10.6 Å². The van der Waals surface area contributed by atoms with E-state index in [1.54, 1.807) is 0 Å². The molecule has 2 unspecified atom stereocenters. The van der Waals surface area contributed by atoms with Crippen molar-refractivity contribution in [2.75, 3.05) is 10.6 Å². The molecule has 4 N–H and O–H groups in total. The summed E-state index contributed by atoms with van der Waals surface area (Å²) in [6.07, 6.45) is 7.44. The van der Waals surface area contributed by atoms with E-state index < -0.39 is 5.60 Å². The highest BCUT2D eigenvalue weighted by Crippen LogP contribution is 2.56. The largest absolute Gasteiger partial charge is 0.390 e. The van der Waals surface area contributed by atoms with Crippen LogP contribution in [0.1, 0.15) is 44.2 Å². The van der Waals surface area contributed by atoms with Gasteiger partial charge in [0.1, 0.15) is 11.5 Å². The van der Waals surface area contributed by atoms with Gasteiger partial charge in [0.05, 0.1) is 23.5 Å². The van der Waals surface area contributed by atoms with E-state index in [1.165, 1.54) is 12.8 Å². The Bertz CT molecular complexity index is 1190. The van der Waals surface area contributed by atoms with E-state index in [-0.39, 0.29) is 6.04 Å². The van der Waals surface area contributed by atoms with Crippen molar-refractivity contribution in [1.82, 2.24) is 24.7 Å². The standard InChI is InChI=1S/C23H28N8O/c1-13-7-18(30-29-13)25-20-17-3-6-31(5-2-4-24)21(17)28-22(27-20)26-19-15-8-14-9-16(19)12-23(32,10-14)11-15/h3,6-7,14-16,19,32H,2,5,8-12H2,1H3,(H3,25,26,27,28,29,30). The number of nitriles is 1. The number of nitrogens with zero attached hydrogens (tertiary/aromatic N) is 5. The first-order chi connectivity index (χ1) is 15.5. The Balaban J connectivity index is 1.35. The Morgan fingerprint density at radius 3 is 2.78 bits per heavy atom. The third-order valence-electron chi connectivity index (χ3n) is 7.57. The highest BCUT2D eigenvalue weighted by atomic mass is 16.3. The van der Waals surface area contributed by atoms with Gasteiger partial charge in [0, 0.05) is 30.5 Å². The smallest absolute Gasteiger partial charge is 0.226 e. The Morgan fingerprint density at radius 2 is 2.09 bits per heavy atom. The van der Waals surface area contributed by atoms with Crippen LogP contribution in [0.4, 0.5) is 17.6 Å². The molecule has 2 atom stereocenters. The number of aromatic amines is 1. The van der Waals surface area contributed by atoms with E-state index >= 15 is 0 Å². The number of hydrogen-bond acceptors (Lipinski definition) is 7. The van der Waals surface area contributed by atoms with Crippen molar-refractivity contribution in [2.45, 2.75) is 63.6 Å². The summed E-state index contributed by atoms with van der Waals surface area (Å²) in [5, 5.41) is 35.1. The van der Waals surface area contributed by atoms with Crippen LogP contribution in [-0.2, 0) is 6.54 Å². The van der Waals surface area contributed by atoms with Crippen molar-refractivity contribution < 1.29 is 5.11 Å². The quantitative estimate of drug-likeness (QED) is 0.469. The number of aliphatic hydroxyl groups is 1. The molecule has 3 heterocycles. The van der Waals surface area contributed by atoms with Gasteiger partial charge in [-0.2, -0.15) is 20.3 Å². The van der Waals surface area contributed by atoms with E-state index in [4.69, 9.17) is 15.2 Å². The molecule has 32 heavy (non-hydrogen) atoms. The maximum absolute atomic E-state index is 10.9. The molecule has 4 aliphatic carbocycles. The number of aromatic nitrogens is 5. The monoisotopic (exact) mass is 432 g/mol. The van der Waals surface area contributed by atoms with Crippen molar-refractivity contribution in [3.63, 3.8) is 0 Å². The molecule has 0 radical (unpaired) electrons. The summed E-state index contributed by atoms with van der Waals surface area (Å²) in [6.45, 7) is 2.54. The van der Waals surface area contributed by atoms with Gasteiger partial charge in [0.15, 0.2) is 5.82 Å². The number of rotatable bonds is 6. The van der Waals surface area contributed by atoms with Crippen LogP contribution in [-0.4, -0.2) is 41.5 Å². The predicted octanol–water partition coefficient (Wildman–Crippen LogP) is 3.47. The van der Waals surface area contributed by atoms with Crippen molar-refractivity contribution in [1.29, 1.82) is 5.26 Å². The fourth-order valence-electron chi connectivity index (χ4n) is 6.55. The number of fused-ring (bicyclic) bond motifs is 1. The second-order valence-electron chi connectivity index (χ2n) is 9.98. The number of anilines is 3. The second-order valence-corrected chi connectivity index (χ2v) is 9.98. The lowest BCUT2D eigenvalue weighted by molar-refractivity contribution is -0.129. The van der Waals surface area contributed by atoms with E-state index in [0.29, 0.717) is 48.3 Å². The van der Waals surface area contributed by atoms with Gasteiger partial charge in [0.25, 0.3) is 0 Å². The first-order valence-electron chi connectivity index (χ1n) is 11.5. The molecule has 4 fully saturated rings. The van der Waals surface area contributed by atoms with Crippen LogP contribution in [0.15, 0.2) is 18.3 Å². The van der Waals surface area contributed by atoms with Crippen molar-refractivity contribution >= 4 is 28.6 Å². The molecule has 4 aliphatic rings. The zero-order valence-electron chi connectivity index (χ0n) is 18.2. The van der Waals surface area contributed by atoms with Crippen LogP contribution in [0.2, 0.25) is 0 Å². The van der Waals surface area contributed by atoms with Gasteiger partial charge >= 0.3 is 0 Å². The zero-order chi connectivity index (χ0) is 21.9. The number of H-pyrrole nitrogens is 1. The molecule has 4 saturated carbocycles. The van der Waals surface area contributed by atoms with E-state index in [2.05, 4.69) is 26.9 Å². The maximum atomic E-state index is 10.9. The SMILES string of the molecule is Cc1cc(Nc2nc(NC3C4CC5CC3CC(O)(C5)C4)nc3c2ccn3CCC#N)n[nH]1. The molecule has 7 rings (SSSR count). The minimum Gasteiger partial charge on any atom is -0.390 e. The zero-order valence-corrected chi connectivity index (χ0v) is 18.2. The highest BCUT2D eigenvalue weighted by Gasteiger charge is 2.54. The summed E-state index contributed by atoms with van der Waals surface area (Å²) < 4.78 is 2.01. The molecule has 0 amide bonds. The van der Waals surface area contributed by atoms with E-state index in [0.717, 1.165) is 36.0 Å². The molecule has 0 aliphatic heterocycles. The van der Waals surface area contributed by atoms with Crippen molar-refractivity contribution in [3.8, 4) is 6.07 Å². The third-order valence-corrected chi connectivity index (χ3v) is 7.57. The molecule has 3 aromatic heterocycles. The van der Waals surface area contributed by atoms with Crippen LogP contribution in [0.5, 0.6) is 0 Å². The van der Waals surface area contributed by atoms with Crippen LogP contribution >= 0.6 is 0 Å². The molecule has 3 aromatic rings. The summed E-state index contributed by atoms with van der Waals surface area (Å²) in [7, 11) is 0. The summed E-state index contributed by atoms with van der Waals surface area (Å²) in [5.41, 5.74) is 1.31. The van der Waals surface area contributed by atoms with Gasteiger partial charge in [-0.05, 0) is 62.8 Å².